The van der Waals surface area contributed by atoms with Crippen molar-refractivity contribution in [2.24, 2.45) is 0 Å². The topological polar surface area (TPSA) is 57.7 Å². The van der Waals surface area contributed by atoms with Crippen molar-refractivity contribution in [3.8, 4) is 0 Å². The molecule has 1 fully saturated rings. The molecule has 5 nitrogen and oxygen atoms in total. The van der Waals surface area contributed by atoms with Crippen LogP contribution >= 0.6 is 0 Å². The molecule has 1 saturated heterocycles. The monoisotopic (exact) mass is 324 g/mol. The molecule has 0 saturated carbocycles. The van der Waals surface area contributed by atoms with Crippen LogP contribution in [0.15, 0.2) is 30.3 Å². The fourth-order valence-electron chi connectivity index (χ4n) is 3.25. The number of carbonyl (C=O) groups is 1. The van der Waals surface area contributed by atoms with Crippen LogP contribution in [0.1, 0.15) is 31.7 Å². The van der Waals surface area contributed by atoms with E-state index in [-0.39, 0.29) is 24.5 Å². The molecule has 0 spiro atoms. The second-order valence-corrected chi connectivity index (χ2v) is 8.25. The summed E-state index contributed by atoms with van der Waals surface area (Å²) in [5, 5.41) is 0. The molecular weight excluding hydrogens is 300 g/mol. The van der Waals surface area contributed by atoms with Gasteiger partial charge in [-0.2, -0.15) is 4.31 Å². The number of carbonyl (C=O) groups excluding carboxylic acids is 1. The van der Waals surface area contributed by atoms with Gasteiger partial charge in [-0.25, -0.2) is 8.42 Å². The average Bonchev–Trinajstić information content (AvgIpc) is 2.74. The van der Waals surface area contributed by atoms with Gasteiger partial charge >= 0.3 is 0 Å². The Morgan fingerprint density at radius 2 is 1.86 bits per heavy atom. The largest absolute Gasteiger partial charge is 0.336 e. The van der Waals surface area contributed by atoms with E-state index >= 15 is 0 Å². The molecule has 1 amide bonds. The van der Waals surface area contributed by atoms with Crippen LogP contribution in [0, 0.1) is 0 Å². The predicted molar refractivity (Wildman–Crippen MR) is 87.0 cm³/mol. The first-order valence-corrected chi connectivity index (χ1v) is 9.34. The third-order valence-electron chi connectivity index (χ3n) is 4.53. The lowest BCUT2D eigenvalue weighted by Crippen LogP contribution is -2.45. The van der Waals surface area contributed by atoms with Gasteiger partial charge in [-0.3, -0.25) is 4.79 Å². The Balaban J connectivity index is 2.14. The molecule has 0 bridgehead atoms. The Morgan fingerprint density at radius 1 is 1.27 bits per heavy atom. The molecule has 3 unspecified atom stereocenters. The summed E-state index contributed by atoms with van der Waals surface area (Å²) < 4.78 is 24.1. The molecule has 1 heterocycles. The summed E-state index contributed by atoms with van der Waals surface area (Å²) in [7, 11) is -1.90. The highest BCUT2D eigenvalue weighted by atomic mass is 32.2. The molecule has 6 heteroatoms. The van der Waals surface area contributed by atoms with Gasteiger partial charge in [0.05, 0.1) is 12.8 Å². The molecule has 0 radical (unpaired) electrons. The summed E-state index contributed by atoms with van der Waals surface area (Å²) in [4.78, 5) is 14.4. The Morgan fingerprint density at radius 3 is 2.41 bits per heavy atom. The van der Waals surface area contributed by atoms with Gasteiger partial charge in [-0.1, -0.05) is 30.3 Å². The van der Waals surface area contributed by atoms with E-state index in [0.29, 0.717) is 5.92 Å². The van der Waals surface area contributed by atoms with Crippen LogP contribution in [-0.2, 0) is 14.8 Å². The lowest BCUT2D eigenvalue weighted by molar-refractivity contribution is -0.133. The molecule has 2 rings (SSSR count). The van der Waals surface area contributed by atoms with Crippen molar-refractivity contribution in [2.75, 3.05) is 19.8 Å². The van der Waals surface area contributed by atoms with E-state index in [2.05, 4.69) is 12.1 Å². The zero-order valence-corrected chi connectivity index (χ0v) is 14.4. The predicted octanol–water partition coefficient (Wildman–Crippen LogP) is 1.67. The lowest BCUT2D eigenvalue weighted by atomic mass is 9.92. The Kier molecular flexibility index (Phi) is 4.92. The minimum Gasteiger partial charge on any atom is -0.336 e. The number of rotatable bonds is 4. The van der Waals surface area contributed by atoms with Gasteiger partial charge in [0.15, 0.2) is 0 Å². The van der Waals surface area contributed by atoms with Crippen LogP contribution in [0.2, 0.25) is 0 Å². The van der Waals surface area contributed by atoms with Crippen molar-refractivity contribution < 1.29 is 13.2 Å². The van der Waals surface area contributed by atoms with Crippen LogP contribution in [0.25, 0.3) is 0 Å². The second kappa shape index (κ2) is 6.38. The van der Waals surface area contributed by atoms with E-state index in [1.165, 1.54) is 12.6 Å². The molecule has 0 aromatic heterocycles. The number of hydrogen-bond donors (Lipinski definition) is 0. The maximum absolute atomic E-state index is 12.5. The first-order valence-electron chi connectivity index (χ1n) is 7.49. The maximum Gasteiger partial charge on any atom is 0.238 e. The van der Waals surface area contributed by atoms with Crippen LogP contribution in [0.5, 0.6) is 0 Å². The number of benzene rings is 1. The SMILES string of the molecule is CC1CC(c2ccccc2)C(C)N1C(=O)CN(C)S(C)(=O)=O. The van der Waals surface area contributed by atoms with Gasteiger partial charge in [0, 0.05) is 25.0 Å². The van der Waals surface area contributed by atoms with E-state index in [1.807, 2.05) is 36.9 Å². The lowest BCUT2D eigenvalue weighted by Gasteiger charge is -2.29. The Hall–Kier alpha value is -1.40. The molecule has 1 aromatic rings. The van der Waals surface area contributed by atoms with Crippen LogP contribution in [0.3, 0.4) is 0 Å². The Labute approximate surface area is 133 Å². The summed E-state index contributed by atoms with van der Waals surface area (Å²) in [6, 6.07) is 10.4. The minimum atomic E-state index is -3.34. The molecule has 1 aliphatic heterocycles. The highest BCUT2D eigenvalue weighted by Crippen LogP contribution is 2.37. The van der Waals surface area contributed by atoms with E-state index in [9.17, 15) is 13.2 Å². The second-order valence-electron chi connectivity index (χ2n) is 6.16. The fraction of sp³-hybridized carbons (Fsp3) is 0.562. The normalized spacial score (nSPS) is 25.7. The average molecular weight is 324 g/mol. The van der Waals surface area contributed by atoms with Crippen LogP contribution < -0.4 is 0 Å². The maximum atomic E-state index is 12.5. The summed E-state index contributed by atoms with van der Waals surface area (Å²) in [6.07, 6.45) is 2.02. The summed E-state index contributed by atoms with van der Waals surface area (Å²) in [5.41, 5.74) is 1.23. The van der Waals surface area contributed by atoms with Crippen LogP contribution in [-0.4, -0.2) is 55.5 Å². The van der Waals surface area contributed by atoms with E-state index in [0.717, 1.165) is 17.0 Å². The van der Waals surface area contributed by atoms with Gasteiger partial charge in [-0.15, -0.1) is 0 Å². The standard InChI is InChI=1S/C16H24N2O3S/c1-12-10-15(14-8-6-5-7-9-14)13(2)18(12)16(19)11-17(3)22(4,20)21/h5-9,12-13,15H,10-11H2,1-4H3. The van der Waals surface area contributed by atoms with Gasteiger partial charge in [0.2, 0.25) is 15.9 Å². The van der Waals surface area contributed by atoms with Crippen molar-refractivity contribution in [1.29, 1.82) is 0 Å². The van der Waals surface area contributed by atoms with E-state index < -0.39 is 10.0 Å². The van der Waals surface area contributed by atoms with Crippen molar-refractivity contribution in [2.45, 2.75) is 38.3 Å². The number of amides is 1. The van der Waals surface area contributed by atoms with Crippen molar-refractivity contribution in [3.63, 3.8) is 0 Å². The molecule has 1 aromatic carbocycles. The van der Waals surface area contributed by atoms with E-state index in [1.54, 1.807) is 0 Å². The highest BCUT2D eigenvalue weighted by Gasteiger charge is 2.40. The third kappa shape index (κ3) is 3.50. The van der Waals surface area contributed by atoms with Crippen molar-refractivity contribution in [3.05, 3.63) is 35.9 Å². The molecule has 122 valence electrons. The van der Waals surface area contributed by atoms with E-state index in [4.69, 9.17) is 0 Å². The summed E-state index contributed by atoms with van der Waals surface area (Å²) in [6.45, 7) is 3.96. The highest BCUT2D eigenvalue weighted by molar-refractivity contribution is 7.88. The molecular formula is C16H24N2O3S. The molecule has 1 aliphatic rings. The molecule has 3 atom stereocenters. The molecule has 22 heavy (non-hydrogen) atoms. The number of likely N-dealkylation sites (tertiary alicyclic amines) is 1. The zero-order valence-electron chi connectivity index (χ0n) is 13.6. The van der Waals surface area contributed by atoms with Crippen molar-refractivity contribution in [1.82, 2.24) is 9.21 Å². The minimum absolute atomic E-state index is 0.0675. The number of likely N-dealkylation sites (N-methyl/N-ethyl adjacent to an activating group) is 1. The quantitative estimate of drug-likeness (QED) is 0.846. The summed E-state index contributed by atoms with van der Waals surface area (Å²) >= 11 is 0. The summed E-state index contributed by atoms with van der Waals surface area (Å²) in [5.74, 6) is 0.162. The van der Waals surface area contributed by atoms with Gasteiger partial charge in [0.25, 0.3) is 0 Å². The Bertz CT molecular complexity index is 630. The van der Waals surface area contributed by atoms with Gasteiger partial charge in [0.1, 0.15) is 0 Å². The smallest absolute Gasteiger partial charge is 0.238 e. The van der Waals surface area contributed by atoms with Crippen LogP contribution in [0.4, 0.5) is 0 Å². The number of sulfonamides is 1. The number of nitrogens with zero attached hydrogens (tertiary/aromatic N) is 2. The molecule has 0 aliphatic carbocycles. The third-order valence-corrected chi connectivity index (χ3v) is 5.79. The van der Waals surface area contributed by atoms with Gasteiger partial charge in [-0.05, 0) is 25.8 Å². The zero-order chi connectivity index (χ0) is 16.5. The number of hydrogen-bond acceptors (Lipinski definition) is 3. The fourth-order valence-corrected chi connectivity index (χ4v) is 3.60. The first-order chi connectivity index (χ1) is 10.2. The van der Waals surface area contributed by atoms with Crippen molar-refractivity contribution >= 4 is 15.9 Å². The first kappa shape index (κ1) is 17.0. The van der Waals surface area contributed by atoms with Gasteiger partial charge < -0.3 is 4.90 Å². The molecule has 0 N–H and O–H groups in total.